The van der Waals surface area contributed by atoms with Crippen LogP contribution < -0.4 is 5.30 Å². The second-order valence-corrected chi connectivity index (χ2v) is 2.72. The molecule has 1 aromatic rings. The molecule has 0 aliphatic rings. The Bertz CT molecular complexity index is 178. The van der Waals surface area contributed by atoms with Crippen LogP contribution in [0.5, 0.6) is 0 Å². The molecule has 2 N–H and O–H groups in total. The topological polar surface area (TPSA) is 40.5 Å². The number of hydrogen-bond acceptors (Lipinski definition) is 2. The average Bonchev–Trinajstić information content (AvgIpc) is 1.90. The third-order valence-corrected chi connectivity index (χ3v) is 1.75. The van der Waals surface area contributed by atoms with Gasteiger partial charge in [-0.05, 0) is 12.1 Å². The van der Waals surface area contributed by atoms with Gasteiger partial charge in [-0.2, -0.15) is 0 Å². The van der Waals surface area contributed by atoms with Gasteiger partial charge >= 0.3 is 0 Å². The molecule has 4 heteroatoms. The largest absolute Gasteiger partial charge is 0.347 e. The molecule has 52 valence electrons. The Morgan fingerprint density at radius 2 is 1.50 bits per heavy atom. The SMILES string of the molecule is OP(O)c1ccccc1.[Zr]. The second-order valence-electron chi connectivity index (χ2n) is 1.62. The van der Waals surface area contributed by atoms with E-state index in [0.717, 1.165) is 0 Å². The van der Waals surface area contributed by atoms with Crippen molar-refractivity contribution >= 4 is 13.7 Å². The molecule has 2 nitrogen and oxygen atoms in total. The summed E-state index contributed by atoms with van der Waals surface area (Å²) in [4.78, 5) is 17.3. The first-order chi connectivity index (χ1) is 4.30. The maximum Gasteiger partial charge on any atom is 0.199 e. The number of hydrogen-bond donors (Lipinski definition) is 2. The fourth-order valence-electron chi connectivity index (χ4n) is 0.561. The van der Waals surface area contributed by atoms with E-state index in [1.807, 2.05) is 6.07 Å². The molecule has 0 radical (unpaired) electrons. The molecule has 0 aromatic heterocycles. The quantitative estimate of drug-likeness (QED) is 0.698. The Balaban J connectivity index is 0.000000810. The van der Waals surface area contributed by atoms with E-state index in [1.54, 1.807) is 24.3 Å². The van der Waals surface area contributed by atoms with Crippen molar-refractivity contribution < 1.29 is 36.0 Å². The van der Waals surface area contributed by atoms with E-state index < -0.39 is 8.38 Å². The molecule has 1 aromatic carbocycles. The van der Waals surface area contributed by atoms with Gasteiger partial charge in [0, 0.05) is 31.5 Å². The van der Waals surface area contributed by atoms with Crippen LogP contribution in [0.2, 0.25) is 0 Å². The maximum absolute atomic E-state index is 8.64. The molecular formula is C6H7O2PZr. The van der Waals surface area contributed by atoms with E-state index in [1.165, 1.54) is 0 Å². The monoisotopic (exact) mass is 232 g/mol. The molecular weight excluding hydrogens is 226 g/mol. The maximum atomic E-state index is 8.64. The normalized spacial score (nSPS) is 9.10. The van der Waals surface area contributed by atoms with Crippen molar-refractivity contribution in [1.82, 2.24) is 0 Å². The molecule has 10 heavy (non-hydrogen) atoms. The van der Waals surface area contributed by atoms with Gasteiger partial charge in [0.25, 0.3) is 0 Å². The summed E-state index contributed by atoms with van der Waals surface area (Å²) in [6, 6.07) is 8.76. The minimum atomic E-state index is -1.90. The predicted octanol–water partition coefficient (Wildman–Crippen LogP) is 0.606. The summed E-state index contributed by atoms with van der Waals surface area (Å²) in [6.45, 7) is 0. The second kappa shape index (κ2) is 5.15. The van der Waals surface area contributed by atoms with Crippen molar-refractivity contribution in [2.45, 2.75) is 0 Å². The first-order valence-corrected chi connectivity index (χ1v) is 3.78. The first kappa shape index (κ1) is 10.5. The van der Waals surface area contributed by atoms with E-state index in [2.05, 4.69) is 0 Å². The molecule has 0 spiro atoms. The summed E-state index contributed by atoms with van der Waals surface area (Å²) in [6.07, 6.45) is 0. The Morgan fingerprint density at radius 1 is 1.00 bits per heavy atom. The van der Waals surface area contributed by atoms with Crippen LogP contribution in [0.15, 0.2) is 30.3 Å². The van der Waals surface area contributed by atoms with Crippen LogP contribution in [0, 0.1) is 0 Å². The summed E-state index contributed by atoms with van der Waals surface area (Å²) in [5, 5.41) is 0.590. The van der Waals surface area contributed by atoms with Crippen molar-refractivity contribution in [3.63, 3.8) is 0 Å². The Hall–Kier alpha value is 0.453. The summed E-state index contributed by atoms with van der Waals surface area (Å²) in [7, 11) is -1.90. The third-order valence-electron chi connectivity index (χ3n) is 0.987. The van der Waals surface area contributed by atoms with E-state index in [9.17, 15) is 0 Å². The van der Waals surface area contributed by atoms with E-state index in [-0.39, 0.29) is 26.2 Å². The summed E-state index contributed by atoms with van der Waals surface area (Å²) in [5.74, 6) is 0. The fraction of sp³-hybridized carbons (Fsp3) is 0. The molecule has 0 amide bonds. The van der Waals surface area contributed by atoms with Gasteiger partial charge in [-0.25, -0.2) is 0 Å². The van der Waals surface area contributed by atoms with Crippen molar-refractivity contribution in [2.24, 2.45) is 0 Å². The van der Waals surface area contributed by atoms with Gasteiger partial charge in [0.05, 0.1) is 0 Å². The van der Waals surface area contributed by atoms with Gasteiger partial charge in [0.1, 0.15) is 0 Å². The van der Waals surface area contributed by atoms with Crippen LogP contribution in [0.4, 0.5) is 0 Å². The third kappa shape index (κ3) is 3.03. The first-order valence-electron chi connectivity index (χ1n) is 2.53. The zero-order valence-electron chi connectivity index (χ0n) is 5.23. The van der Waals surface area contributed by atoms with Crippen molar-refractivity contribution in [3.8, 4) is 0 Å². The molecule has 0 heterocycles. The Labute approximate surface area is 79.9 Å². The molecule has 0 saturated carbocycles. The molecule has 0 unspecified atom stereocenters. The number of rotatable bonds is 1. The van der Waals surface area contributed by atoms with Gasteiger partial charge in [-0.1, -0.05) is 18.2 Å². The van der Waals surface area contributed by atoms with Crippen molar-refractivity contribution in [1.29, 1.82) is 0 Å². The standard InChI is InChI=1S/C6H7O2P.Zr/c7-9(8)6-4-2-1-3-5-6;/h1-5,7-8H;. The number of benzene rings is 1. The van der Waals surface area contributed by atoms with E-state index in [4.69, 9.17) is 9.79 Å². The van der Waals surface area contributed by atoms with Crippen LogP contribution in [0.1, 0.15) is 0 Å². The van der Waals surface area contributed by atoms with Crippen molar-refractivity contribution in [3.05, 3.63) is 30.3 Å². The molecule has 0 saturated heterocycles. The van der Waals surface area contributed by atoms with E-state index >= 15 is 0 Å². The van der Waals surface area contributed by atoms with Crippen LogP contribution in [0.25, 0.3) is 0 Å². The Morgan fingerprint density at radius 3 is 1.80 bits per heavy atom. The van der Waals surface area contributed by atoms with Crippen LogP contribution in [-0.2, 0) is 26.2 Å². The summed E-state index contributed by atoms with van der Waals surface area (Å²) >= 11 is 0. The zero-order valence-corrected chi connectivity index (χ0v) is 8.58. The summed E-state index contributed by atoms with van der Waals surface area (Å²) < 4.78 is 0. The van der Waals surface area contributed by atoms with Gasteiger partial charge in [0.2, 0.25) is 0 Å². The molecule has 0 aliphatic heterocycles. The molecule has 0 bridgehead atoms. The van der Waals surface area contributed by atoms with Gasteiger partial charge < -0.3 is 9.79 Å². The van der Waals surface area contributed by atoms with Gasteiger partial charge in [-0.15, -0.1) is 0 Å². The average molecular weight is 233 g/mol. The minimum absolute atomic E-state index is 0. The van der Waals surface area contributed by atoms with Gasteiger partial charge in [-0.3, -0.25) is 0 Å². The van der Waals surface area contributed by atoms with Crippen LogP contribution >= 0.6 is 8.38 Å². The molecule has 0 aliphatic carbocycles. The Kier molecular flexibility index (Phi) is 5.38. The predicted molar refractivity (Wildman–Crippen MR) is 37.4 cm³/mol. The van der Waals surface area contributed by atoms with Crippen molar-refractivity contribution in [2.75, 3.05) is 0 Å². The van der Waals surface area contributed by atoms with Crippen LogP contribution in [-0.4, -0.2) is 9.79 Å². The minimum Gasteiger partial charge on any atom is -0.347 e. The van der Waals surface area contributed by atoms with Crippen LogP contribution in [0.3, 0.4) is 0 Å². The zero-order chi connectivity index (χ0) is 6.69. The summed E-state index contributed by atoms with van der Waals surface area (Å²) in [5.41, 5.74) is 0. The fourth-order valence-corrected chi connectivity index (χ4v) is 1.00. The smallest absolute Gasteiger partial charge is 0.199 e. The molecule has 0 fully saturated rings. The molecule has 1 rings (SSSR count). The van der Waals surface area contributed by atoms with Gasteiger partial charge in [0.15, 0.2) is 8.38 Å². The van der Waals surface area contributed by atoms with E-state index in [0.29, 0.717) is 5.30 Å². The molecule has 0 atom stereocenters.